The molecule has 0 aromatic heterocycles. The van der Waals surface area contributed by atoms with E-state index in [1.807, 2.05) is 12.1 Å². The Kier molecular flexibility index (Phi) is 6.69. The molecule has 102 valence electrons. The SMILES string of the molecule is CCNCC(CC)N(C)C(C)c1ccccc1Cl. The second kappa shape index (κ2) is 7.78. The minimum Gasteiger partial charge on any atom is -0.315 e. The zero-order valence-electron chi connectivity index (χ0n) is 11.9. The summed E-state index contributed by atoms with van der Waals surface area (Å²) in [7, 11) is 2.18. The van der Waals surface area contributed by atoms with Gasteiger partial charge in [-0.05, 0) is 38.6 Å². The quantitative estimate of drug-likeness (QED) is 0.811. The van der Waals surface area contributed by atoms with Gasteiger partial charge in [-0.3, -0.25) is 4.90 Å². The van der Waals surface area contributed by atoms with E-state index in [2.05, 4.69) is 50.2 Å². The summed E-state index contributed by atoms with van der Waals surface area (Å²) < 4.78 is 0. The highest BCUT2D eigenvalue weighted by atomic mass is 35.5. The Morgan fingerprint density at radius 2 is 1.94 bits per heavy atom. The maximum absolute atomic E-state index is 6.27. The Hall–Kier alpha value is -0.570. The molecule has 0 fully saturated rings. The van der Waals surface area contributed by atoms with E-state index in [1.54, 1.807) is 0 Å². The van der Waals surface area contributed by atoms with E-state index in [9.17, 15) is 0 Å². The summed E-state index contributed by atoms with van der Waals surface area (Å²) in [4.78, 5) is 2.41. The Labute approximate surface area is 116 Å². The van der Waals surface area contributed by atoms with Crippen LogP contribution in [0.1, 0.15) is 38.8 Å². The monoisotopic (exact) mass is 268 g/mol. The fourth-order valence-corrected chi connectivity index (χ4v) is 2.53. The first-order valence-electron chi connectivity index (χ1n) is 6.78. The van der Waals surface area contributed by atoms with Crippen LogP contribution in [-0.4, -0.2) is 31.1 Å². The fourth-order valence-electron chi connectivity index (χ4n) is 2.24. The predicted octanol–water partition coefficient (Wildman–Crippen LogP) is 3.72. The van der Waals surface area contributed by atoms with Crippen molar-refractivity contribution in [2.24, 2.45) is 0 Å². The maximum Gasteiger partial charge on any atom is 0.0453 e. The molecule has 1 aromatic rings. The fraction of sp³-hybridized carbons (Fsp3) is 0.600. The van der Waals surface area contributed by atoms with Crippen molar-refractivity contribution in [2.45, 2.75) is 39.3 Å². The molecule has 0 aliphatic carbocycles. The average Bonchev–Trinajstić information content (AvgIpc) is 2.39. The van der Waals surface area contributed by atoms with Crippen molar-refractivity contribution in [3.05, 3.63) is 34.9 Å². The lowest BCUT2D eigenvalue weighted by Gasteiger charge is -2.33. The number of rotatable bonds is 7. The van der Waals surface area contributed by atoms with Gasteiger partial charge in [0.05, 0.1) is 0 Å². The van der Waals surface area contributed by atoms with E-state index in [-0.39, 0.29) is 0 Å². The molecular weight excluding hydrogens is 244 g/mol. The summed E-state index contributed by atoms with van der Waals surface area (Å²) in [5.74, 6) is 0. The van der Waals surface area contributed by atoms with Crippen LogP contribution in [0.3, 0.4) is 0 Å². The van der Waals surface area contributed by atoms with Gasteiger partial charge in [-0.25, -0.2) is 0 Å². The first kappa shape index (κ1) is 15.5. The van der Waals surface area contributed by atoms with Gasteiger partial charge in [0.1, 0.15) is 0 Å². The lowest BCUT2D eigenvalue weighted by molar-refractivity contribution is 0.176. The Balaban J connectivity index is 2.75. The molecule has 0 bridgehead atoms. The van der Waals surface area contributed by atoms with E-state index >= 15 is 0 Å². The molecule has 1 N–H and O–H groups in total. The third-order valence-corrected chi connectivity index (χ3v) is 3.99. The number of hydrogen-bond donors (Lipinski definition) is 1. The summed E-state index contributed by atoms with van der Waals surface area (Å²) in [5, 5.41) is 4.28. The summed E-state index contributed by atoms with van der Waals surface area (Å²) in [6.45, 7) is 8.64. The van der Waals surface area contributed by atoms with Crippen LogP contribution >= 0.6 is 11.6 Å². The van der Waals surface area contributed by atoms with Crippen molar-refractivity contribution in [1.29, 1.82) is 0 Å². The van der Waals surface area contributed by atoms with Crippen molar-refractivity contribution in [3.8, 4) is 0 Å². The van der Waals surface area contributed by atoms with E-state index in [0.717, 1.165) is 24.5 Å². The summed E-state index contributed by atoms with van der Waals surface area (Å²) in [5.41, 5.74) is 1.21. The van der Waals surface area contributed by atoms with Crippen molar-refractivity contribution in [3.63, 3.8) is 0 Å². The van der Waals surface area contributed by atoms with Gasteiger partial charge in [0.15, 0.2) is 0 Å². The highest BCUT2D eigenvalue weighted by molar-refractivity contribution is 6.31. The van der Waals surface area contributed by atoms with Crippen LogP contribution in [0.2, 0.25) is 5.02 Å². The van der Waals surface area contributed by atoms with Crippen LogP contribution in [0.25, 0.3) is 0 Å². The van der Waals surface area contributed by atoms with Gasteiger partial charge in [-0.2, -0.15) is 0 Å². The third-order valence-electron chi connectivity index (χ3n) is 3.64. The van der Waals surface area contributed by atoms with Crippen LogP contribution in [0.5, 0.6) is 0 Å². The average molecular weight is 269 g/mol. The molecule has 2 unspecified atom stereocenters. The number of nitrogens with one attached hydrogen (secondary N) is 1. The standard InChI is InChI=1S/C15H25ClN2/c1-5-13(11-17-6-2)18(4)12(3)14-9-7-8-10-15(14)16/h7-10,12-13,17H,5-6,11H2,1-4H3. The highest BCUT2D eigenvalue weighted by Gasteiger charge is 2.20. The van der Waals surface area contributed by atoms with Crippen molar-refractivity contribution in [2.75, 3.05) is 20.1 Å². The molecule has 0 aliphatic heterocycles. The molecule has 3 heteroatoms. The molecule has 1 rings (SSSR count). The molecule has 18 heavy (non-hydrogen) atoms. The van der Waals surface area contributed by atoms with Gasteiger partial charge in [0.2, 0.25) is 0 Å². The summed E-state index contributed by atoms with van der Waals surface area (Å²) in [6.07, 6.45) is 1.14. The van der Waals surface area contributed by atoms with Gasteiger partial charge in [0, 0.05) is 23.7 Å². The van der Waals surface area contributed by atoms with E-state index in [4.69, 9.17) is 11.6 Å². The largest absolute Gasteiger partial charge is 0.315 e. The van der Waals surface area contributed by atoms with Crippen molar-refractivity contribution < 1.29 is 0 Å². The number of hydrogen-bond acceptors (Lipinski definition) is 2. The van der Waals surface area contributed by atoms with Crippen molar-refractivity contribution >= 4 is 11.6 Å². The van der Waals surface area contributed by atoms with Gasteiger partial charge >= 0.3 is 0 Å². The second-order valence-electron chi connectivity index (χ2n) is 4.73. The van der Waals surface area contributed by atoms with E-state index in [1.165, 1.54) is 5.56 Å². The van der Waals surface area contributed by atoms with Crippen LogP contribution in [0.4, 0.5) is 0 Å². The predicted molar refractivity (Wildman–Crippen MR) is 80.3 cm³/mol. The van der Waals surface area contributed by atoms with Crippen LogP contribution in [-0.2, 0) is 0 Å². The minimum atomic E-state index is 0.335. The summed E-state index contributed by atoms with van der Waals surface area (Å²) >= 11 is 6.27. The van der Waals surface area contributed by atoms with Crippen LogP contribution < -0.4 is 5.32 Å². The Morgan fingerprint density at radius 1 is 1.28 bits per heavy atom. The molecular formula is C15H25ClN2. The molecule has 0 aliphatic rings. The highest BCUT2D eigenvalue weighted by Crippen LogP contribution is 2.27. The van der Waals surface area contributed by atoms with E-state index < -0.39 is 0 Å². The molecule has 0 saturated carbocycles. The first-order valence-corrected chi connectivity index (χ1v) is 7.16. The normalized spacial score (nSPS) is 14.8. The lowest BCUT2D eigenvalue weighted by Crippen LogP contribution is -2.41. The minimum absolute atomic E-state index is 0.335. The van der Waals surface area contributed by atoms with Gasteiger partial charge in [0.25, 0.3) is 0 Å². The number of nitrogens with zero attached hydrogens (tertiary/aromatic N) is 1. The zero-order valence-corrected chi connectivity index (χ0v) is 12.7. The number of benzene rings is 1. The topological polar surface area (TPSA) is 15.3 Å². The molecule has 2 nitrogen and oxygen atoms in total. The second-order valence-corrected chi connectivity index (χ2v) is 5.14. The molecule has 0 radical (unpaired) electrons. The third kappa shape index (κ3) is 3.98. The molecule has 0 amide bonds. The maximum atomic E-state index is 6.27. The smallest absolute Gasteiger partial charge is 0.0453 e. The van der Waals surface area contributed by atoms with Gasteiger partial charge in [-0.1, -0.05) is 43.6 Å². The zero-order chi connectivity index (χ0) is 13.5. The molecule has 1 aromatic carbocycles. The molecule has 2 atom stereocenters. The van der Waals surface area contributed by atoms with Crippen LogP contribution in [0, 0.1) is 0 Å². The Morgan fingerprint density at radius 3 is 2.50 bits per heavy atom. The van der Waals surface area contributed by atoms with Gasteiger partial charge < -0.3 is 5.32 Å². The van der Waals surface area contributed by atoms with Crippen molar-refractivity contribution in [1.82, 2.24) is 10.2 Å². The van der Waals surface area contributed by atoms with Gasteiger partial charge in [-0.15, -0.1) is 0 Å². The first-order chi connectivity index (χ1) is 8.61. The van der Waals surface area contributed by atoms with Crippen LogP contribution in [0.15, 0.2) is 24.3 Å². The number of halogens is 1. The molecule has 0 saturated heterocycles. The number of likely N-dealkylation sites (N-methyl/N-ethyl adjacent to an activating group) is 2. The lowest BCUT2D eigenvalue weighted by atomic mass is 10.0. The summed E-state index contributed by atoms with van der Waals surface area (Å²) in [6, 6.07) is 8.99. The Bertz CT molecular complexity index is 354. The van der Waals surface area contributed by atoms with E-state index in [0.29, 0.717) is 12.1 Å². The molecule has 0 heterocycles. The molecule has 0 spiro atoms.